The molecule has 0 spiro atoms. The number of fused-ring (bicyclic) bond motifs is 1. The summed E-state index contributed by atoms with van der Waals surface area (Å²) in [5.41, 5.74) is 7.59. The Morgan fingerprint density at radius 3 is 2.32 bits per heavy atom. The van der Waals surface area contributed by atoms with Crippen LogP contribution >= 0.6 is 0 Å². The van der Waals surface area contributed by atoms with E-state index in [1.165, 1.54) is 4.90 Å². The number of amides is 4. The normalized spacial score (nSPS) is 19.9. The van der Waals surface area contributed by atoms with Crippen LogP contribution in [0.3, 0.4) is 0 Å². The van der Waals surface area contributed by atoms with Crippen LogP contribution in [0.4, 0.5) is 0 Å². The molecule has 4 amide bonds. The number of benzene rings is 3. The van der Waals surface area contributed by atoms with Gasteiger partial charge in [0.25, 0.3) is 0 Å². The van der Waals surface area contributed by atoms with E-state index in [-0.39, 0.29) is 37.6 Å². The lowest BCUT2D eigenvalue weighted by Crippen LogP contribution is -2.55. The van der Waals surface area contributed by atoms with Crippen molar-refractivity contribution < 1.29 is 19.2 Å². The first-order valence-electron chi connectivity index (χ1n) is 13.1. The van der Waals surface area contributed by atoms with Gasteiger partial charge >= 0.3 is 0 Å². The zero-order chi connectivity index (χ0) is 26.9. The maximum atomic E-state index is 14.1. The lowest BCUT2D eigenvalue weighted by molar-refractivity contribution is -0.143. The molecule has 2 unspecified atom stereocenters. The standard InChI is InChI=1S/C30H34N4O4/c31-29(37)26-12-6-7-17-32-27(35)15-16-28(36)33-25(19-21-8-2-1-3-9-21)30(38)34(26)20-22-13-14-23-10-4-5-11-24(23)18-22/h1-5,8-11,13-14,18,25-26H,6-7,12,15-17,19-20H2,(H2,31,37)(H,32,35)(H,33,36). The number of nitrogens with zero attached hydrogens (tertiary/aromatic N) is 1. The third-order valence-electron chi connectivity index (χ3n) is 6.88. The van der Waals surface area contributed by atoms with Crippen LogP contribution in [0.25, 0.3) is 10.8 Å². The van der Waals surface area contributed by atoms with Crippen LogP contribution in [0.2, 0.25) is 0 Å². The average molecular weight is 515 g/mol. The highest BCUT2D eigenvalue weighted by atomic mass is 16.2. The molecule has 8 heteroatoms. The van der Waals surface area contributed by atoms with Gasteiger partial charge in [0.05, 0.1) is 0 Å². The lowest BCUT2D eigenvalue weighted by Gasteiger charge is -2.33. The summed E-state index contributed by atoms with van der Waals surface area (Å²) in [6, 6.07) is 21.5. The number of hydrogen-bond donors (Lipinski definition) is 3. The summed E-state index contributed by atoms with van der Waals surface area (Å²) in [6.45, 7) is 0.607. The van der Waals surface area contributed by atoms with Crippen LogP contribution in [0.15, 0.2) is 72.8 Å². The summed E-state index contributed by atoms with van der Waals surface area (Å²) in [5, 5.41) is 7.75. The fraction of sp³-hybridized carbons (Fsp3) is 0.333. The Morgan fingerprint density at radius 2 is 1.55 bits per heavy atom. The predicted molar refractivity (Wildman–Crippen MR) is 146 cm³/mol. The Kier molecular flexibility index (Phi) is 9.08. The van der Waals surface area contributed by atoms with Crippen molar-refractivity contribution in [2.45, 2.75) is 57.2 Å². The number of carbonyl (C=O) groups excluding carboxylic acids is 4. The fourth-order valence-corrected chi connectivity index (χ4v) is 4.85. The summed E-state index contributed by atoms with van der Waals surface area (Å²) in [5.74, 6) is -1.58. The van der Waals surface area contributed by atoms with Gasteiger partial charge in [0.1, 0.15) is 12.1 Å². The van der Waals surface area contributed by atoms with Gasteiger partial charge in [0.2, 0.25) is 23.6 Å². The molecule has 4 N–H and O–H groups in total. The van der Waals surface area contributed by atoms with Gasteiger partial charge < -0.3 is 21.3 Å². The molecule has 3 aromatic rings. The van der Waals surface area contributed by atoms with E-state index in [1.54, 1.807) is 0 Å². The minimum atomic E-state index is -0.918. The van der Waals surface area contributed by atoms with E-state index in [9.17, 15) is 19.2 Å². The minimum absolute atomic E-state index is 0.0334. The zero-order valence-electron chi connectivity index (χ0n) is 21.4. The Labute approximate surface area is 222 Å². The SMILES string of the molecule is NC(=O)C1CCCCNC(=O)CCC(=O)NC(Cc2ccccc2)C(=O)N1Cc1ccc2ccccc2c1. The van der Waals surface area contributed by atoms with Crippen molar-refractivity contribution in [3.63, 3.8) is 0 Å². The van der Waals surface area contributed by atoms with Gasteiger partial charge in [-0.15, -0.1) is 0 Å². The highest BCUT2D eigenvalue weighted by Gasteiger charge is 2.34. The van der Waals surface area contributed by atoms with Crippen LogP contribution in [0, 0.1) is 0 Å². The summed E-state index contributed by atoms with van der Waals surface area (Å²) >= 11 is 0. The van der Waals surface area contributed by atoms with Gasteiger partial charge in [-0.25, -0.2) is 0 Å². The van der Waals surface area contributed by atoms with Gasteiger partial charge in [0, 0.05) is 32.4 Å². The summed E-state index contributed by atoms with van der Waals surface area (Å²) < 4.78 is 0. The van der Waals surface area contributed by atoms with Crippen LogP contribution in [0.1, 0.15) is 43.2 Å². The van der Waals surface area contributed by atoms with Crippen molar-refractivity contribution in [1.29, 1.82) is 0 Å². The molecule has 1 heterocycles. The fourth-order valence-electron chi connectivity index (χ4n) is 4.85. The molecule has 0 aromatic heterocycles. The van der Waals surface area contributed by atoms with E-state index < -0.39 is 23.9 Å². The molecule has 1 aliphatic heterocycles. The van der Waals surface area contributed by atoms with Crippen LogP contribution < -0.4 is 16.4 Å². The molecule has 0 saturated carbocycles. The molecule has 1 aliphatic rings. The van der Waals surface area contributed by atoms with E-state index in [4.69, 9.17) is 5.73 Å². The number of carbonyl (C=O) groups is 4. The van der Waals surface area contributed by atoms with E-state index in [1.807, 2.05) is 72.8 Å². The molecule has 0 aliphatic carbocycles. The molecule has 3 aromatic carbocycles. The maximum absolute atomic E-state index is 14.1. The maximum Gasteiger partial charge on any atom is 0.246 e. The molecule has 198 valence electrons. The number of nitrogens with one attached hydrogen (secondary N) is 2. The van der Waals surface area contributed by atoms with Crippen molar-refractivity contribution in [3.8, 4) is 0 Å². The first kappa shape index (κ1) is 26.9. The van der Waals surface area contributed by atoms with Crippen LogP contribution in [-0.4, -0.2) is 47.2 Å². The second-order valence-corrected chi connectivity index (χ2v) is 9.72. The monoisotopic (exact) mass is 514 g/mol. The second-order valence-electron chi connectivity index (χ2n) is 9.72. The van der Waals surface area contributed by atoms with Crippen LogP contribution in [0.5, 0.6) is 0 Å². The lowest BCUT2D eigenvalue weighted by atomic mass is 10.00. The third kappa shape index (κ3) is 7.18. The molecular weight excluding hydrogens is 480 g/mol. The number of primary amides is 1. The Morgan fingerprint density at radius 1 is 0.842 bits per heavy atom. The van der Waals surface area contributed by atoms with Gasteiger partial charge in [0.15, 0.2) is 0 Å². The number of rotatable bonds is 5. The molecule has 2 atom stereocenters. The van der Waals surface area contributed by atoms with Crippen molar-refractivity contribution in [1.82, 2.24) is 15.5 Å². The topological polar surface area (TPSA) is 122 Å². The van der Waals surface area contributed by atoms with Crippen molar-refractivity contribution in [2.75, 3.05) is 6.54 Å². The Balaban J connectivity index is 1.69. The van der Waals surface area contributed by atoms with Gasteiger partial charge in [-0.3, -0.25) is 19.2 Å². The Hall–Kier alpha value is -4.20. The largest absolute Gasteiger partial charge is 0.368 e. The minimum Gasteiger partial charge on any atom is -0.368 e. The van der Waals surface area contributed by atoms with Crippen LogP contribution in [-0.2, 0) is 32.1 Å². The molecule has 38 heavy (non-hydrogen) atoms. The van der Waals surface area contributed by atoms with Gasteiger partial charge in [-0.05, 0) is 47.2 Å². The Bertz CT molecular complexity index is 1290. The first-order chi connectivity index (χ1) is 18.4. The molecular formula is C30H34N4O4. The van der Waals surface area contributed by atoms with Gasteiger partial charge in [-0.2, -0.15) is 0 Å². The van der Waals surface area contributed by atoms with E-state index in [2.05, 4.69) is 10.6 Å². The molecule has 8 nitrogen and oxygen atoms in total. The van der Waals surface area contributed by atoms with E-state index in [0.717, 1.165) is 21.9 Å². The molecule has 0 bridgehead atoms. The summed E-state index contributed by atoms with van der Waals surface area (Å²) in [7, 11) is 0. The smallest absolute Gasteiger partial charge is 0.246 e. The summed E-state index contributed by atoms with van der Waals surface area (Å²) in [6.07, 6.45) is 1.85. The summed E-state index contributed by atoms with van der Waals surface area (Å²) in [4.78, 5) is 53.3. The zero-order valence-corrected chi connectivity index (χ0v) is 21.4. The highest BCUT2D eigenvalue weighted by molar-refractivity contribution is 5.93. The average Bonchev–Trinajstić information content (AvgIpc) is 2.92. The molecule has 4 rings (SSSR count). The molecule has 0 radical (unpaired) electrons. The quantitative estimate of drug-likeness (QED) is 0.485. The second kappa shape index (κ2) is 12.9. The third-order valence-corrected chi connectivity index (χ3v) is 6.88. The van der Waals surface area contributed by atoms with E-state index >= 15 is 0 Å². The van der Waals surface area contributed by atoms with Crippen molar-refractivity contribution in [2.24, 2.45) is 5.73 Å². The highest BCUT2D eigenvalue weighted by Crippen LogP contribution is 2.21. The van der Waals surface area contributed by atoms with Crippen molar-refractivity contribution in [3.05, 3.63) is 83.9 Å². The first-order valence-corrected chi connectivity index (χ1v) is 13.1. The number of nitrogens with two attached hydrogens (primary N) is 1. The molecule has 1 fully saturated rings. The predicted octanol–water partition coefficient (Wildman–Crippen LogP) is 2.83. The van der Waals surface area contributed by atoms with Crippen molar-refractivity contribution >= 4 is 34.4 Å². The number of hydrogen-bond acceptors (Lipinski definition) is 4. The van der Waals surface area contributed by atoms with Gasteiger partial charge in [-0.1, -0.05) is 66.7 Å². The molecule has 1 saturated heterocycles. The van der Waals surface area contributed by atoms with E-state index in [0.29, 0.717) is 25.8 Å².